The van der Waals surface area contributed by atoms with E-state index in [9.17, 15) is 5.11 Å². The molecule has 2 rings (SSSR count). The highest BCUT2D eigenvalue weighted by Crippen LogP contribution is 2.25. The van der Waals surface area contributed by atoms with E-state index < -0.39 is 0 Å². The molecule has 0 aliphatic carbocycles. The van der Waals surface area contributed by atoms with Gasteiger partial charge < -0.3 is 14.9 Å². The van der Waals surface area contributed by atoms with E-state index in [0.29, 0.717) is 18.1 Å². The summed E-state index contributed by atoms with van der Waals surface area (Å²) in [6.45, 7) is 2.04. The third-order valence-corrected chi connectivity index (χ3v) is 3.03. The van der Waals surface area contributed by atoms with Crippen molar-refractivity contribution in [2.75, 3.05) is 6.61 Å². The summed E-state index contributed by atoms with van der Waals surface area (Å²) in [7, 11) is 0. The Kier molecular flexibility index (Phi) is 5.09. The molecule has 1 aromatic heterocycles. The number of aliphatic hydroxyl groups is 2. The summed E-state index contributed by atoms with van der Waals surface area (Å²) in [6, 6.07) is 11.2. The first-order chi connectivity index (χ1) is 9.76. The average molecular weight is 273 g/mol. The zero-order valence-corrected chi connectivity index (χ0v) is 11.5. The Morgan fingerprint density at radius 1 is 1.15 bits per heavy atom. The summed E-state index contributed by atoms with van der Waals surface area (Å²) in [5, 5.41) is 18.3. The van der Waals surface area contributed by atoms with Crippen LogP contribution in [0.4, 0.5) is 0 Å². The Morgan fingerprint density at radius 3 is 2.65 bits per heavy atom. The van der Waals surface area contributed by atoms with Crippen molar-refractivity contribution in [3.63, 3.8) is 0 Å². The minimum atomic E-state index is -0.0375. The van der Waals surface area contributed by atoms with Gasteiger partial charge in [0, 0.05) is 18.4 Å². The predicted molar refractivity (Wildman–Crippen MR) is 76.8 cm³/mol. The fourth-order valence-corrected chi connectivity index (χ4v) is 1.99. The lowest BCUT2D eigenvalue weighted by molar-refractivity contribution is 0.280. The van der Waals surface area contributed by atoms with Crippen LogP contribution in [0.3, 0.4) is 0 Å². The smallest absolute Gasteiger partial charge is 0.219 e. The van der Waals surface area contributed by atoms with Gasteiger partial charge in [-0.2, -0.15) is 0 Å². The zero-order chi connectivity index (χ0) is 14.4. The van der Waals surface area contributed by atoms with Crippen molar-refractivity contribution in [2.45, 2.75) is 26.4 Å². The van der Waals surface area contributed by atoms with Gasteiger partial charge in [0.1, 0.15) is 5.75 Å². The van der Waals surface area contributed by atoms with Gasteiger partial charge in [-0.05, 0) is 36.1 Å². The fraction of sp³-hybridized carbons (Fsp3) is 0.312. The van der Waals surface area contributed by atoms with E-state index in [0.717, 1.165) is 23.2 Å². The monoisotopic (exact) mass is 273 g/mol. The fourth-order valence-electron chi connectivity index (χ4n) is 1.99. The number of nitrogens with zero attached hydrogens (tertiary/aromatic N) is 1. The number of ether oxygens (including phenoxy) is 1. The number of pyridine rings is 1. The second-order valence-corrected chi connectivity index (χ2v) is 4.50. The average Bonchev–Trinajstić information content (AvgIpc) is 2.49. The molecule has 0 fully saturated rings. The van der Waals surface area contributed by atoms with Crippen molar-refractivity contribution < 1.29 is 14.9 Å². The maximum atomic E-state index is 9.27. The van der Waals surface area contributed by atoms with Crippen LogP contribution >= 0.6 is 0 Å². The molecule has 0 aliphatic heterocycles. The van der Waals surface area contributed by atoms with Gasteiger partial charge in [0.25, 0.3) is 0 Å². The molecule has 2 aromatic rings. The first-order valence-corrected chi connectivity index (χ1v) is 6.74. The van der Waals surface area contributed by atoms with Gasteiger partial charge in [0.05, 0.1) is 6.61 Å². The molecule has 106 valence electrons. The quantitative estimate of drug-likeness (QED) is 0.848. The Hall–Kier alpha value is -1.91. The molecule has 4 heteroatoms. The van der Waals surface area contributed by atoms with Gasteiger partial charge in [-0.1, -0.05) is 25.1 Å². The first-order valence-electron chi connectivity index (χ1n) is 6.74. The number of rotatable bonds is 6. The molecule has 0 radical (unpaired) electrons. The predicted octanol–water partition coefficient (Wildman–Crippen LogP) is 2.46. The standard InChI is InChI=1S/C16H19NO3/c1-2-14-9-12(11-19)10-16(17-14)20-15-6-4-3-5-13(15)7-8-18/h3-6,9-10,18-19H,2,7-8,11H2,1H3. The summed E-state index contributed by atoms with van der Waals surface area (Å²) < 4.78 is 5.81. The second-order valence-electron chi connectivity index (χ2n) is 4.50. The van der Waals surface area contributed by atoms with Gasteiger partial charge in [0.2, 0.25) is 5.88 Å². The molecular weight excluding hydrogens is 254 g/mol. The van der Waals surface area contributed by atoms with Crippen LogP contribution in [-0.4, -0.2) is 21.8 Å². The van der Waals surface area contributed by atoms with Gasteiger partial charge >= 0.3 is 0 Å². The van der Waals surface area contributed by atoms with Crippen LogP contribution in [0.15, 0.2) is 36.4 Å². The molecule has 20 heavy (non-hydrogen) atoms. The molecule has 0 amide bonds. The van der Waals surface area contributed by atoms with Gasteiger partial charge in [-0.15, -0.1) is 0 Å². The number of para-hydroxylation sites is 1. The van der Waals surface area contributed by atoms with Crippen LogP contribution in [0.5, 0.6) is 11.6 Å². The first kappa shape index (κ1) is 14.5. The van der Waals surface area contributed by atoms with Crippen molar-refractivity contribution in [1.82, 2.24) is 4.98 Å². The van der Waals surface area contributed by atoms with E-state index in [1.54, 1.807) is 6.07 Å². The summed E-state index contributed by atoms with van der Waals surface area (Å²) in [5.41, 5.74) is 2.60. The minimum Gasteiger partial charge on any atom is -0.439 e. The zero-order valence-electron chi connectivity index (χ0n) is 11.5. The molecule has 1 heterocycles. The Bertz CT molecular complexity index is 547. The molecule has 0 unspecified atom stereocenters. The third kappa shape index (κ3) is 3.56. The normalized spacial score (nSPS) is 10.6. The lowest BCUT2D eigenvalue weighted by Gasteiger charge is -2.11. The molecule has 1 aromatic carbocycles. The van der Waals surface area contributed by atoms with E-state index >= 15 is 0 Å². The van der Waals surface area contributed by atoms with Crippen LogP contribution < -0.4 is 4.74 Å². The Labute approximate surface area is 118 Å². The Balaban J connectivity index is 2.29. The van der Waals surface area contributed by atoms with Crippen LogP contribution in [0.1, 0.15) is 23.7 Å². The molecular formula is C16H19NO3. The molecule has 2 N–H and O–H groups in total. The third-order valence-electron chi connectivity index (χ3n) is 3.03. The van der Waals surface area contributed by atoms with Crippen molar-refractivity contribution in [1.29, 1.82) is 0 Å². The van der Waals surface area contributed by atoms with Crippen LogP contribution in [-0.2, 0) is 19.4 Å². The minimum absolute atomic E-state index is 0.0375. The van der Waals surface area contributed by atoms with E-state index in [-0.39, 0.29) is 13.2 Å². The topological polar surface area (TPSA) is 62.6 Å². The highest BCUT2D eigenvalue weighted by molar-refractivity contribution is 5.37. The van der Waals surface area contributed by atoms with Crippen LogP contribution in [0.2, 0.25) is 0 Å². The summed E-state index contributed by atoms with van der Waals surface area (Å²) in [5.74, 6) is 1.16. The summed E-state index contributed by atoms with van der Waals surface area (Å²) in [6.07, 6.45) is 1.32. The van der Waals surface area contributed by atoms with Crippen molar-refractivity contribution in [2.24, 2.45) is 0 Å². The number of aliphatic hydroxyl groups excluding tert-OH is 2. The van der Waals surface area contributed by atoms with Crippen molar-refractivity contribution in [3.8, 4) is 11.6 Å². The molecule has 0 bridgehead atoms. The number of aryl methyl sites for hydroxylation is 1. The van der Waals surface area contributed by atoms with Gasteiger partial charge in [-0.25, -0.2) is 4.98 Å². The Morgan fingerprint density at radius 2 is 1.95 bits per heavy atom. The molecule has 4 nitrogen and oxygen atoms in total. The second kappa shape index (κ2) is 7.03. The molecule has 0 atom stereocenters. The maximum absolute atomic E-state index is 9.27. The van der Waals surface area contributed by atoms with E-state index in [1.165, 1.54) is 0 Å². The largest absolute Gasteiger partial charge is 0.439 e. The van der Waals surface area contributed by atoms with Gasteiger partial charge in [-0.3, -0.25) is 0 Å². The lowest BCUT2D eigenvalue weighted by atomic mass is 10.1. The van der Waals surface area contributed by atoms with Crippen LogP contribution in [0, 0.1) is 0 Å². The highest BCUT2D eigenvalue weighted by atomic mass is 16.5. The summed E-state index contributed by atoms with van der Waals surface area (Å²) >= 11 is 0. The SMILES string of the molecule is CCc1cc(CO)cc(Oc2ccccc2CCO)n1. The van der Waals surface area contributed by atoms with Crippen molar-refractivity contribution >= 4 is 0 Å². The number of aromatic nitrogens is 1. The molecule has 0 saturated carbocycles. The number of benzene rings is 1. The highest BCUT2D eigenvalue weighted by Gasteiger charge is 2.07. The summed E-state index contributed by atoms with van der Waals surface area (Å²) in [4.78, 5) is 4.40. The molecule has 0 aliphatic rings. The van der Waals surface area contributed by atoms with Crippen molar-refractivity contribution in [3.05, 3.63) is 53.2 Å². The molecule has 0 spiro atoms. The van der Waals surface area contributed by atoms with Crippen LogP contribution in [0.25, 0.3) is 0 Å². The van der Waals surface area contributed by atoms with Gasteiger partial charge in [0.15, 0.2) is 0 Å². The lowest BCUT2D eigenvalue weighted by Crippen LogP contribution is -1.99. The maximum Gasteiger partial charge on any atom is 0.219 e. The van der Waals surface area contributed by atoms with E-state index in [2.05, 4.69) is 4.98 Å². The number of hydrogen-bond acceptors (Lipinski definition) is 4. The number of hydrogen-bond donors (Lipinski definition) is 2. The van der Waals surface area contributed by atoms with E-state index in [4.69, 9.17) is 9.84 Å². The van der Waals surface area contributed by atoms with E-state index in [1.807, 2.05) is 37.3 Å². The molecule has 0 saturated heterocycles.